The van der Waals surface area contributed by atoms with Crippen molar-refractivity contribution in [3.63, 3.8) is 0 Å². The maximum atomic E-state index is 8.85. The Balaban J connectivity index is 2.29. The maximum absolute atomic E-state index is 8.85. The van der Waals surface area contributed by atoms with Crippen molar-refractivity contribution in [1.29, 1.82) is 5.26 Å². The summed E-state index contributed by atoms with van der Waals surface area (Å²) in [5.74, 6) is 2.12. The van der Waals surface area contributed by atoms with E-state index < -0.39 is 0 Å². The zero-order chi connectivity index (χ0) is 13.7. The number of benzene rings is 2. The van der Waals surface area contributed by atoms with Crippen LogP contribution in [-0.2, 0) is 0 Å². The molecule has 0 saturated heterocycles. The Morgan fingerprint density at radius 3 is 2.42 bits per heavy atom. The minimum Gasteiger partial charge on any atom is -0.490 e. The third-order valence-corrected chi connectivity index (χ3v) is 2.67. The molecule has 0 heterocycles. The molecule has 0 amide bonds. The van der Waals surface area contributed by atoms with Gasteiger partial charge in [0.25, 0.3) is 0 Å². The van der Waals surface area contributed by atoms with Gasteiger partial charge in [-0.25, -0.2) is 0 Å². The second-order valence-corrected chi connectivity index (χ2v) is 4.07. The summed E-state index contributed by atoms with van der Waals surface area (Å²) < 4.78 is 11.4. The molecule has 0 N–H and O–H groups in total. The molecule has 0 aliphatic heterocycles. The Labute approximate surface area is 113 Å². The summed E-state index contributed by atoms with van der Waals surface area (Å²) in [6, 6.07) is 15.0. The Morgan fingerprint density at radius 2 is 1.79 bits per heavy atom. The number of nitrogens with zero attached hydrogens (tertiary/aromatic N) is 1. The normalized spacial score (nSPS) is 9.74. The van der Waals surface area contributed by atoms with E-state index in [2.05, 4.69) is 6.07 Å². The number of ether oxygens (including phenoxy) is 2. The van der Waals surface area contributed by atoms with Gasteiger partial charge in [-0.05, 0) is 49.7 Å². The molecule has 2 rings (SSSR count). The molecule has 0 radical (unpaired) electrons. The quantitative estimate of drug-likeness (QED) is 0.825. The molecule has 3 nitrogen and oxygen atoms in total. The van der Waals surface area contributed by atoms with Crippen LogP contribution in [0.15, 0.2) is 42.5 Å². The largest absolute Gasteiger partial charge is 0.490 e. The summed E-state index contributed by atoms with van der Waals surface area (Å²) >= 11 is 0. The molecule has 0 bridgehead atoms. The summed E-state index contributed by atoms with van der Waals surface area (Å²) in [5, 5.41) is 8.85. The predicted molar refractivity (Wildman–Crippen MR) is 73.6 cm³/mol. The monoisotopic (exact) mass is 253 g/mol. The second kappa shape index (κ2) is 5.92. The highest BCUT2D eigenvalue weighted by Crippen LogP contribution is 2.32. The minimum absolute atomic E-state index is 0.590. The van der Waals surface area contributed by atoms with E-state index in [9.17, 15) is 0 Å². The summed E-state index contributed by atoms with van der Waals surface area (Å²) in [6.07, 6.45) is 0. The average Bonchev–Trinajstić information content (AvgIpc) is 2.43. The van der Waals surface area contributed by atoms with Crippen molar-refractivity contribution in [2.45, 2.75) is 13.8 Å². The van der Waals surface area contributed by atoms with Gasteiger partial charge in [0.1, 0.15) is 5.75 Å². The van der Waals surface area contributed by atoms with Crippen molar-refractivity contribution in [2.24, 2.45) is 0 Å². The highest BCUT2D eigenvalue weighted by atomic mass is 16.5. The number of nitriles is 1. The third-order valence-electron chi connectivity index (χ3n) is 2.67. The van der Waals surface area contributed by atoms with Crippen LogP contribution < -0.4 is 9.47 Å². The van der Waals surface area contributed by atoms with Crippen LogP contribution in [0.5, 0.6) is 17.2 Å². The second-order valence-electron chi connectivity index (χ2n) is 4.07. The summed E-state index contributed by atoms with van der Waals surface area (Å²) in [5.41, 5.74) is 1.55. The van der Waals surface area contributed by atoms with Gasteiger partial charge in [0.15, 0.2) is 11.5 Å². The lowest BCUT2D eigenvalue weighted by atomic mass is 10.1. The highest BCUT2D eigenvalue weighted by Gasteiger charge is 2.07. The summed E-state index contributed by atoms with van der Waals surface area (Å²) in [7, 11) is 0. The minimum atomic E-state index is 0.590. The molecule has 0 atom stereocenters. The molecule has 0 aromatic heterocycles. The molecular formula is C16H15NO2. The molecule has 0 spiro atoms. The van der Waals surface area contributed by atoms with Crippen LogP contribution in [0, 0.1) is 18.3 Å². The van der Waals surface area contributed by atoms with E-state index in [1.165, 1.54) is 0 Å². The number of aryl methyl sites for hydroxylation is 1. The molecule has 3 heteroatoms. The fourth-order valence-electron chi connectivity index (χ4n) is 1.76. The molecule has 0 aliphatic carbocycles. The predicted octanol–water partition coefficient (Wildman–Crippen LogP) is 4.06. The lowest BCUT2D eigenvalue weighted by Gasteiger charge is -2.12. The van der Waals surface area contributed by atoms with Crippen molar-refractivity contribution < 1.29 is 9.47 Å². The Morgan fingerprint density at radius 1 is 1.05 bits per heavy atom. The van der Waals surface area contributed by atoms with E-state index in [1.807, 2.05) is 38.1 Å². The van der Waals surface area contributed by atoms with Gasteiger partial charge in [-0.1, -0.05) is 12.1 Å². The molecule has 96 valence electrons. The van der Waals surface area contributed by atoms with E-state index in [0.717, 1.165) is 11.3 Å². The van der Waals surface area contributed by atoms with E-state index in [4.69, 9.17) is 14.7 Å². The van der Waals surface area contributed by atoms with Crippen molar-refractivity contribution in [2.75, 3.05) is 6.61 Å². The van der Waals surface area contributed by atoms with Crippen LogP contribution in [0.25, 0.3) is 0 Å². The van der Waals surface area contributed by atoms with Gasteiger partial charge in [0.2, 0.25) is 0 Å². The lowest BCUT2D eigenvalue weighted by Crippen LogP contribution is -1.95. The van der Waals surface area contributed by atoms with E-state index in [0.29, 0.717) is 23.7 Å². The summed E-state index contributed by atoms with van der Waals surface area (Å²) in [6.45, 7) is 4.44. The van der Waals surface area contributed by atoms with E-state index in [1.54, 1.807) is 18.2 Å². The number of hydrogen-bond donors (Lipinski definition) is 0. The van der Waals surface area contributed by atoms with Crippen molar-refractivity contribution in [3.05, 3.63) is 53.6 Å². The molecule has 0 unspecified atom stereocenters. The van der Waals surface area contributed by atoms with Gasteiger partial charge >= 0.3 is 0 Å². The van der Waals surface area contributed by atoms with Crippen LogP contribution in [0.1, 0.15) is 18.1 Å². The molecule has 0 fully saturated rings. The van der Waals surface area contributed by atoms with Crippen molar-refractivity contribution in [3.8, 4) is 23.3 Å². The molecule has 0 saturated carbocycles. The van der Waals surface area contributed by atoms with Crippen LogP contribution >= 0.6 is 0 Å². The van der Waals surface area contributed by atoms with Gasteiger partial charge < -0.3 is 9.47 Å². The van der Waals surface area contributed by atoms with Crippen molar-refractivity contribution >= 4 is 0 Å². The van der Waals surface area contributed by atoms with Crippen LogP contribution in [-0.4, -0.2) is 6.61 Å². The van der Waals surface area contributed by atoms with Crippen LogP contribution in [0.3, 0.4) is 0 Å². The molecule has 2 aromatic carbocycles. The maximum Gasteiger partial charge on any atom is 0.169 e. The molecule has 2 aromatic rings. The topological polar surface area (TPSA) is 42.2 Å². The SMILES string of the molecule is CCOc1ccccc1Oc1ccc(C#N)cc1C. The fourth-order valence-corrected chi connectivity index (χ4v) is 1.76. The van der Waals surface area contributed by atoms with Gasteiger partial charge in [0.05, 0.1) is 18.2 Å². The fraction of sp³-hybridized carbons (Fsp3) is 0.188. The molecule has 19 heavy (non-hydrogen) atoms. The van der Waals surface area contributed by atoms with Crippen molar-refractivity contribution in [1.82, 2.24) is 0 Å². The van der Waals surface area contributed by atoms with Gasteiger partial charge in [-0.2, -0.15) is 5.26 Å². The first-order valence-corrected chi connectivity index (χ1v) is 6.15. The smallest absolute Gasteiger partial charge is 0.169 e. The first-order chi connectivity index (χ1) is 9.24. The molecular weight excluding hydrogens is 238 g/mol. The zero-order valence-corrected chi connectivity index (χ0v) is 11.0. The van der Waals surface area contributed by atoms with Crippen LogP contribution in [0.4, 0.5) is 0 Å². The number of para-hydroxylation sites is 2. The lowest BCUT2D eigenvalue weighted by molar-refractivity contribution is 0.321. The number of hydrogen-bond acceptors (Lipinski definition) is 3. The zero-order valence-electron chi connectivity index (χ0n) is 11.0. The molecule has 0 aliphatic rings. The summed E-state index contributed by atoms with van der Waals surface area (Å²) in [4.78, 5) is 0. The first-order valence-electron chi connectivity index (χ1n) is 6.15. The standard InChI is InChI=1S/C16H15NO2/c1-3-18-15-6-4-5-7-16(15)19-14-9-8-13(11-17)10-12(14)2/h4-10H,3H2,1-2H3. The van der Waals surface area contributed by atoms with E-state index in [-0.39, 0.29) is 0 Å². The Hall–Kier alpha value is -2.47. The van der Waals surface area contributed by atoms with Gasteiger partial charge in [-0.15, -0.1) is 0 Å². The van der Waals surface area contributed by atoms with Crippen LogP contribution in [0.2, 0.25) is 0 Å². The number of rotatable bonds is 4. The van der Waals surface area contributed by atoms with Gasteiger partial charge in [-0.3, -0.25) is 0 Å². The average molecular weight is 253 g/mol. The van der Waals surface area contributed by atoms with E-state index >= 15 is 0 Å². The Bertz CT molecular complexity index is 614. The highest BCUT2D eigenvalue weighted by molar-refractivity contribution is 5.47. The third kappa shape index (κ3) is 3.05. The van der Waals surface area contributed by atoms with Gasteiger partial charge in [0, 0.05) is 0 Å². The first kappa shape index (κ1) is 13.0. The Kier molecular flexibility index (Phi) is 4.04.